The predicted molar refractivity (Wildman–Crippen MR) is 115 cm³/mol. The van der Waals surface area contributed by atoms with Crippen molar-refractivity contribution in [2.45, 2.75) is 39.1 Å². The molecule has 4 N–H and O–H groups in total. The molecular formula is C21H28N6O5. The number of carbonyl (C=O) groups is 3. The molecule has 3 amide bonds. The molecule has 3 aliphatic rings. The predicted octanol–water partition coefficient (Wildman–Crippen LogP) is 0.593. The molecule has 3 saturated heterocycles. The molecule has 172 valence electrons. The second kappa shape index (κ2) is 8.83. The number of rotatable bonds is 4. The van der Waals surface area contributed by atoms with E-state index >= 15 is 0 Å². The zero-order valence-corrected chi connectivity index (χ0v) is 18.0. The Labute approximate surface area is 185 Å². The van der Waals surface area contributed by atoms with Crippen molar-refractivity contribution in [2.24, 2.45) is 23.7 Å². The van der Waals surface area contributed by atoms with E-state index in [0.717, 1.165) is 19.5 Å². The molecule has 6 unspecified atom stereocenters. The number of hydrogen-bond donors (Lipinski definition) is 4. The number of para-hydroxylation sites is 2. The molecule has 0 saturated carbocycles. The Balaban J connectivity index is 1.51. The third-order valence-corrected chi connectivity index (χ3v) is 6.39. The number of anilines is 1. The van der Waals surface area contributed by atoms with Crippen molar-refractivity contribution in [2.75, 3.05) is 18.4 Å². The highest BCUT2D eigenvalue weighted by molar-refractivity contribution is 6.01. The first kappa shape index (κ1) is 22.2. The number of nitrogens with one attached hydrogen (secondary N) is 4. The summed E-state index contributed by atoms with van der Waals surface area (Å²) in [6, 6.07) is 5.77. The van der Waals surface area contributed by atoms with Crippen LogP contribution in [0.25, 0.3) is 0 Å². The maximum atomic E-state index is 13.1. The lowest BCUT2D eigenvalue weighted by molar-refractivity contribution is -0.383. The van der Waals surface area contributed by atoms with E-state index in [1.807, 2.05) is 0 Å². The van der Waals surface area contributed by atoms with Gasteiger partial charge in [-0.2, -0.15) is 0 Å². The Bertz CT molecular complexity index is 929. The lowest BCUT2D eigenvalue weighted by Crippen LogP contribution is -2.75. The molecule has 3 heterocycles. The monoisotopic (exact) mass is 444 g/mol. The van der Waals surface area contributed by atoms with Crippen LogP contribution in [-0.2, 0) is 14.4 Å². The zero-order chi connectivity index (χ0) is 23.0. The fourth-order valence-corrected chi connectivity index (χ4v) is 5.14. The molecule has 3 fully saturated rings. The largest absolute Gasteiger partial charge is 0.340 e. The lowest BCUT2D eigenvalue weighted by Gasteiger charge is -2.48. The first-order valence-corrected chi connectivity index (χ1v) is 10.9. The minimum absolute atomic E-state index is 0.0309. The van der Waals surface area contributed by atoms with E-state index in [1.54, 1.807) is 6.07 Å². The molecule has 3 aliphatic heterocycles. The maximum Gasteiger partial charge on any atom is 0.292 e. The maximum absolute atomic E-state index is 13.1. The van der Waals surface area contributed by atoms with Gasteiger partial charge >= 0.3 is 0 Å². The summed E-state index contributed by atoms with van der Waals surface area (Å²) in [4.78, 5) is 51.3. The van der Waals surface area contributed by atoms with Crippen LogP contribution < -0.4 is 21.3 Å². The van der Waals surface area contributed by atoms with Crippen molar-refractivity contribution >= 4 is 29.1 Å². The standard InChI is InChI=1S/C21H28N6O5/c1-11-7-12(2)10-26(9-11)21-24-18-17(20(30)25-21)13(8-16(28)23-18)19(29)22-14-5-3-4-6-15(14)27(31)32/h3-6,11-13,17-18,21,24H,7-10H2,1-2H3,(H,22,29)(H,23,28)(H,25,30). The number of hydrogen-bond acceptors (Lipinski definition) is 7. The number of nitro benzene ring substituents is 1. The number of benzene rings is 1. The summed E-state index contributed by atoms with van der Waals surface area (Å²) >= 11 is 0. The van der Waals surface area contributed by atoms with E-state index < -0.39 is 35.1 Å². The molecule has 6 atom stereocenters. The van der Waals surface area contributed by atoms with Crippen molar-refractivity contribution in [1.29, 1.82) is 0 Å². The SMILES string of the molecule is CC1CC(C)CN(C2NC(=O)C3C(NC(=O)CC3C(=O)Nc3ccccc3[N+](=O)[O-])N2)C1. The van der Waals surface area contributed by atoms with Crippen molar-refractivity contribution in [1.82, 2.24) is 20.9 Å². The average Bonchev–Trinajstić information content (AvgIpc) is 2.72. The van der Waals surface area contributed by atoms with E-state index in [-0.39, 0.29) is 29.6 Å². The third kappa shape index (κ3) is 4.44. The summed E-state index contributed by atoms with van der Waals surface area (Å²) in [5, 5.41) is 22.8. The number of piperidine rings is 2. The minimum atomic E-state index is -0.957. The van der Waals surface area contributed by atoms with Gasteiger partial charge in [-0.25, -0.2) is 0 Å². The Kier molecular flexibility index (Phi) is 6.11. The first-order valence-electron chi connectivity index (χ1n) is 10.9. The van der Waals surface area contributed by atoms with Crippen LogP contribution in [0, 0.1) is 33.8 Å². The van der Waals surface area contributed by atoms with Crippen molar-refractivity contribution < 1.29 is 19.3 Å². The number of fused-ring (bicyclic) bond motifs is 1. The Hall–Kier alpha value is -3.05. The van der Waals surface area contributed by atoms with Gasteiger partial charge in [0.1, 0.15) is 12.0 Å². The minimum Gasteiger partial charge on any atom is -0.340 e. The van der Waals surface area contributed by atoms with Crippen molar-refractivity contribution in [3.63, 3.8) is 0 Å². The van der Waals surface area contributed by atoms with Gasteiger partial charge in [0.2, 0.25) is 17.7 Å². The van der Waals surface area contributed by atoms with Crippen LogP contribution in [-0.4, -0.2) is 53.1 Å². The molecule has 0 spiro atoms. The second-order valence-corrected chi connectivity index (χ2v) is 9.12. The van der Waals surface area contributed by atoms with Gasteiger partial charge in [0.25, 0.3) is 5.69 Å². The zero-order valence-electron chi connectivity index (χ0n) is 18.0. The Morgan fingerprint density at radius 1 is 1.16 bits per heavy atom. The lowest BCUT2D eigenvalue weighted by atomic mass is 9.80. The normalized spacial score (nSPS) is 32.9. The summed E-state index contributed by atoms with van der Waals surface area (Å²) < 4.78 is 0. The molecule has 0 bridgehead atoms. The highest BCUT2D eigenvalue weighted by Crippen LogP contribution is 2.31. The third-order valence-electron chi connectivity index (χ3n) is 6.39. The van der Waals surface area contributed by atoms with Gasteiger partial charge in [0, 0.05) is 25.6 Å². The van der Waals surface area contributed by atoms with Crippen molar-refractivity contribution in [3.8, 4) is 0 Å². The van der Waals surface area contributed by atoms with E-state index in [0.29, 0.717) is 11.8 Å². The molecule has 1 aromatic carbocycles. The molecule has 0 aromatic heterocycles. The van der Waals surface area contributed by atoms with Gasteiger partial charge in [0.05, 0.1) is 22.9 Å². The number of carbonyl (C=O) groups excluding carboxylic acids is 3. The molecule has 32 heavy (non-hydrogen) atoms. The van der Waals surface area contributed by atoms with Crippen LogP contribution in [0.4, 0.5) is 11.4 Å². The topological polar surface area (TPSA) is 146 Å². The molecule has 11 nitrogen and oxygen atoms in total. The smallest absolute Gasteiger partial charge is 0.292 e. The van der Waals surface area contributed by atoms with Crippen LogP contribution in [0.5, 0.6) is 0 Å². The summed E-state index contributed by atoms with van der Waals surface area (Å²) in [7, 11) is 0. The van der Waals surface area contributed by atoms with E-state index in [9.17, 15) is 24.5 Å². The number of likely N-dealkylation sites (tertiary alicyclic amines) is 1. The molecule has 1 aromatic rings. The van der Waals surface area contributed by atoms with Gasteiger partial charge in [-0.05, 0) is 24.3 Å². The van der Waals surface area contributed by atoms with Crippen LogP contribution >= 0.6 is 0 Å². The summed E-state index contributed by atoms with van der Waals surface area (Å²) in [6.45, 7) is 5.97. The number of amides is 3. The quantitative estimate of drug-likeness (QED) is 0.393. The molecule has 4 rings (SSSR count). The number of nitrogens with zero attached hydrogens (tertiary/aromatic N) is 2. The Morgan fingerprint density at radius 2 is 1.84 bits per heavy atom. The van der Waals surface area contributed by atoms with Gasteiger partial charge in [0.15, 0.2) is 0 Å². The molecule has 0 radical (unpaired) electrons. The fourth-order valence-electron chi connectivity index (χ4n) is 5.14. The summed E-state index contributed by atoms with van der Waals surface area (Å²) in [6.07, 6.45) is -0.200. The molecule has 0 aliphatic carbocycles. The van der Waals surface area contributed by atoms with E-state index in [2.05, 4.69) is 40.0 Å². The van der Waals surface area contributed by atoms with Crippen LogP contribution in [0.2, 0.25) is 0 Å². The van der Waals surface area contributed by atoms with E-state index in [4.69, 9.17) is 0 Å². The van der Waals surface area contributed by atoms with Crippen LogP contribution in [0.3, 0.4) is 0 Å². The summed E-state index contributed by atoms with van der Waals surface area (Å²) in [5.41, 5.74) is -0.222. The van der Waals surface area contributed by atoms with Gasteiger partial charge in [-0.15, -0.1) is 0 Å². The highest BCUT2D eigenvalue weighted by Gasteiger charge is 2.49. The van der Waals surface area contributed by atoms with Crippen LogP contribution in [0.1, 0.15) is 26.7 Å². The van der Waals surface area contributed by atoms with E-state index in [1.165, 1.54) is 18.2 Å². The first-order chi connectivity index (χ1) is 15.2. The molecular weight excluding hydrogens is 416 g/mol. The summed E-state index contributed by atoms with van der Waals surface area (Å²) in [5.74, 6) is -2.09. The average molecular weight is 444 g/mol. The fraction of sp³-hybridized carbons (Fsp3) is 0.571. The Morgan fingerprint density at radius 3 is 2.53 bits per heavy atom. The van der Waals surface area contributed by atoms with Gasteiger partial charge in [-0.1, -0.05) is 26.0 Å². The second-order valence-electron chi connectivity index (χ2n) is 9.12. The molecule has 11 heteroatoms. The highest BCUT2D eigenvalue weighted by atomic mass is 16.6. The van der Waals surface area contributed by atoms with Gasteiger partial charge in [-0.3, -0.25) is 34.7 Å². The van der Waals surface area contributed by atoms with Crippen LogP contribution in [0.15, 0.2) is 24.3 Å². The van der Waals surface area contributed by atoms with Gasteiger partial charge < -0.3 is 16.0 Å². The number of nitro groups is 1. The van der Waals surface area contributed by atoms with Crippen molar-refractivity contribution in [3.05, 3.63) is 34.4 Å².